The first-order valence-corrected chi connectivity index (χ1v) is 6.72. The van der Waals surface area contributed by atoms with Crippen molar-refractivity contribution < 1.29 is 9.59 Å². The minimum absolute atomic E-state index is 0.0690. The van der Waals surface area contributed by atoms with E-state index in [4.69, 9.17) is 0 Å². The van der Waals surface area contributed by atoms with Gasteiger partial charge in [-0.1, -0.05) is 19.3 Å². The lowest BCUT2D eigenvalue weighted by molar-refractivity contribution is -0.128. The van der Waals surface area contributed by atoms with E-state index in [2.05, 4.69) is 16.0 Å². The van der Waals surface area contributed by atoms with Gasteiger partial charge in [-0.25, -0.2) is 4.79 Å². The number of carbonyl (C=O) groups is 2. The van der Waals surface area contributed by atoms with Crippen molar-refractivity contribution in [2.75, 3.05) is 13.6 Å². The molecule has 5 heteroatoms. The SMILES string of the molecule is CNC(=O)C(C)(C)CNC(=O)NC1CCCCC1. The Morgan fingerprint density at radius 3 is 2.33 bits per heavy atom. The molecule has 104 valence electrons. The Kier molecular flexibility index (Phi) is 5.44. The predicted molar refractivity (Wildman–Crippen MR) is 71.3 cm³/mol. The molecule has 1 saturated carbocycles. The number of urea groups is 1. The molecule has 0 aliphatic heterocycles. The van der Waals surface area contributed by atoms with Gasteiger partial charge in [-0.15, -0.1) is 0 Å². The van der Waals surface area contributed by atoms with E-state index >= 15 is 0 Å². The Bertz CT molecular complexity index is 297. The summed E-state index contributed by atoms with van der Waals surface area (Å²) in [5, 5.41) is 8.34. The van der Waals surface area contributed by atoms with Gasteiger partial charge in [0.2, 0.25) is 5.91 Å². The van der Waals surface area contributed by atoms with Crippen LogP contribution in [0, 0.1) is 5.41 Å². The van der Waals surface area contributed by atoms with E-state index in [1.807, 2.05) is 13.8 Å². The Balaban J connectivity index is 2.29. The van der Waals surface area contributed by atoms with E-state index < -0.39 is 5.41 Å². The Morgan fingerprint density at radius 1 is 1.17 bits per heavy atom. The minimum Gasteiger partial charge on any atom is -0.359 e. The first kappa shape index (κ1) is 14.8. The van der Waals surface area contributed by atoms with Crippen molar-refractivity contribution in [2.45, 2.75) is 52.0 Å². The molecule has 18 heavy (non-hydrogen) atoms. The van der Waals surface area contributed by atoms with Crippen molar-refractivity contribution in [3.63, 3.8) is 0 Å². The molecule has 0 unspecified atom stereocenters. The van der Waals surface area contributed by atoms with Crippen LogP contribution >= 0.6 is 0 Å². The van der Waals surface area contributed by atoms with Crippen molar-refractivity contribution in [1.82, 2.24) is 16.0 Å². The number of nitrogens with one attached hydrogen (secondary N) is 3. The number of amides is 3. The molecule has 0 spiro atoms. The number of rotatable bonds is 4. The average molecular weight is 255 g/mol. The summed E-state index contributed by atoms with van der Waals surface area (Å²) in [6, 6.07) is 0.126. The largest absolute Gasteiger partial charge is 0.359 e. The number of hydrogen-bond acceptors (Lipinski definition) is 2. The second kappa shape index (κ2) is 6.61. The Labute approximate surface area is 109 Å². The fourth-order valence-corrected chi connectivity index (χ4v) is 2.20. The third-order valence-corrected chi connectivity index (χ3v) is 3.47. The van der Waals surface area contributed by atoms with E-state index in [9.17, 15) is 9.59 Å². The normalized spacial score (nSPS) is 17.1. The third-order valence-electron chi connectivity index (χ3n) is 3.47. The van der Waals surface area contributed by atoms with Crippen LogP contribution in [-0.4, -0.2) is 31.6 Å². The molecule has 1 rings (SSSR count). The highest BCUT2D eigenvalue weighted by atomic mass is 16.2. The summed E-state index contributed by atoms with van der Waals surface area (Å²) >= 11 is 0. The zero-order chi connectivity index (χ0) is 13.6. The van der Waals surface area contributed by atoms with Gasteiger partial charge in [-0.2, -0.15) is 0 Å². The van der Waals surface area contributed by atoms with Gasteiger partial charge >= 0.3 is 6.03 Å². The zero-order valence-corrected chi connectivity index (χ0v) is 11.6. The topological polar surface area (TPSA) is 70.2 Å². The maximum Gasteiger partial charge on any atom is 0.315 e. The fraction of sp³-hybridized carbons (Fsp3) is 0.846. The average Bonchev–Trinajstić information content (AvgIpc) is 2.36. The van der Waals surface area contributed by atoms with Crippen LogP contribution in [-0.2, 0) is 4.79 Å². The molecule has 0 heterocycles. The summed E-state index contributed by atoms with van der Waals surface area (Å²) < 4.78 is 0. The molecule has 1 aliphatic carbocycles. The highest BCUT2D eigenvalue weighted by Gasteiger charge is 2.27. The second-order valence-corrected chi connectivity index (χ2v) is 5.62. The van der Waals surface area contributed by atoms with Gasteiger partial charge in [-0.3, -0.25) is 4.79 Å². The van der Waals surface area contributed by atoms with Crippen molar-refractivity contribution in [3.05, 3.63) is 0 Å². The Hall–Kier alpha value is -1.26. The quantitative estimate of drug-likeness (QED) is 0.710. The molecular weight excluding hydrogens is 230 g/mol. The molecule has 0 saturated heterocycles. The van der Waals surface area contributed by atoms with Crippen LogP contribution < -0.4 is 16.0 Å². The fourth-order valence-electron chi connectivity index (χ4n) is 2.20. The van der Waals surface area contributed by atoms with E-state index in [0.29, 0.717) is 12.6 Å². The monoisotopic (exact) mass is 255 g/mol. The smallest absolute Gasteiger partial charge is 0.315 e. The van der Waals surface area contributed by atoms with Crippen LogP contribution in [0.2, 0.25) is 0 Å². The summed E-state index contributed by atoms with van der Waals surface area (Å²) in [7, 11) is 1.60. The lowest BCUT2D eigenvalue weighted by atomic mass is 9.92. The molecule has 1 aliphatic rings. The summed E-state index contributed by atoms with van der Waals surface area (Å²) in [6.45, 7) is 3.96. The molecule has 1 fully saturated rings. The first-order chi connectivity index (χ1) is 8.45. The van der Waals surface area contributed by atoms with Crippen LogP contribution in [0.5, 0.6) is 0 Å². The first-order valence-electron chi connectivity index (χ1n) is 6.72. The summed E-state index contributed by atoms with van der Waals surface area (Å²) in [4.78, 5) is 23.3. The molecule has 0 atom stereocenters. The molecule has 0 radical (unpaired) electrons. The lowest BCUT2D eigenvalue weighted by Gasteiger charge is -2.26. The van der Waals surface area contributed by atoms with E-state index in [0.717, 1.165) is 12.8 Å². The molecule has 0 aromatic rings. The van der Waals surface area contributed by atoms with Crippen LogP contribution in [0.25, 0.3) is 0 Å². The molecule has 3 N–H and O–H groups in total. The molecule has 5 nitrogen and oxygen atoms in total. The van der Waals surface area contributed by atoms with Crippen LogP contribution in [0.15, 0.2) is 0 Å². The molecule has 3 amide bonds. The van der Waals surface area contributed by atoms with Gasteiger partial charge in [0.25, 0.3) is 0 Å². The van der Waals surface area contributed by atoms with Crippen molar-refractivity contribution in [3.8, 4) is 0 Å². The number of hydrogen-bond donors (Lipinski definition) is 3. The summed E-state index contributed by atoms with van der Waals surface area (Å²) in [5.74, 6) is -0.0690. The maximum absolute atomic E-state index is 11.7. The number of carbonyl (C=O) groups excluding carboxylic acids is 2. The van der Waals surface area contributed by atoms with Crippen LogP contribution in [0.4, 0.5) is 4.79 Å². The van der Waals surface area contributed by atoms with Gasteiger partial charge in [0.15, 0.2) is 0 Å². The lowest BCUT2D eigenvalue weighted by Crippen LogP contribution is -2.48. The highest BCUT2D eigenvalue weighted by molar-refractivity contribution is 5.83. The van der Waals surface area contributed by atoms with Crippen molar-refractivity contribution >= 4 is 11.9 Å². The molecular formula is C13H25N3O2. The van der Waals surface area contributed by atoms with Crippen molar-refractivity contribution in [1.29, 1.82) is 0 Å². The highest BCUT2D eigenvalue weighted by Crippen LogP contribution is 2.17. The predicted octanol–water partition coefficient (Wildman–Crippen LogP) is 1.39. The van der Waals surface area contributed by atoms with Gasteiger partial charge in [-0.05, 0) is 26.7 Å². The van der Waals surface area contributed by atoms with Crippen LogP contribution in [0.1, 0.15) is 46.0 Å². The molecule has 0 aromatic heterocycles. The van der Waals surface area contributed by atoms with Gasteiger partial charge in [0.1, 0.15) is 0 Å². The third kappa shape index (κ3) is 4.55. The maximum atomic E-state index is 11.7. The Morgan fingerprint density at radius 2 is 1.78 bits per heavy atom. The van der Waals surface area contributed by atoms with E-state index in [-0.39, 0.29) is 11.9 Å². The van der Waals surface area contributed by atoms with Gasteiger partial charge < -0.3 is 16.0 Å². The van der Waals surface area contributed by atoms with Crippen LogP contribution in [0.3, 0.4) is 0 Å². The zero-order valence-electron chi connectivity index (χ0n) is 11.6. The van der Waals surface area contributed by atoms with E-state index in [1.54, 1.807) is 7.05 Å². The van der Waals surface area contributed by atoms with Gasteiger partial charge in [0, 0.05) is 19.6 Å². The summed E-state index contributed by atoms with van der Waals surface area (Å²) in [6.07, 6.45) is 5.77. The molecule has 0 aromatic carbocycles. The second-order valence-electron chi connectivity index (χ2n) is 5.62. The van der Waals surface area contributed by atoms with Crippen molar-refractivity contribution in [2.24, 2.45) is 5.41 Å². The summed E-state index contributed by atoms with van der Waals surface area (Å²) in [5.41, 5.74) is -0.585. The standard InChI is InChI=1S/C13H25N3O2/c1-13(2,11(17)14-3)9-15-12(18)16-10-7-5-4-6-8-10/h10H,4-9H2,1-3H3,(H,14,17)(H2,15,16,18). The van der Waals surface area contributed by atoms with Gasteiger partial charge in [0.05, 0.1) is 5.41 Å². The van der Waals surface area contributed by atoms with E-state index in [1.165, 1.54) is 19.3 Å². The molecule has 0 bridgehead atoms. The minimum atomic E-state index is -0.585.